The molecule has 0 amide bonds. The molecule has 5 heteroatoms. The summed E-state index contributed by atoms with van der Waals surface area (Å²) in [6.07, 6.45) is 7.73. The second-order valence-electron chi connectivity index (χ2n) is 4.37. The third kappa shape index (κ3) is 5.16. The second-order valence-corrected chi connectivity index (χ2v) is 4.37. The zero-order valence-corrected chi connectivity index (χ0v) is 11.2. The number of carboxylic acids is 1. The molecule has 0 unspecified atom stereocenters. The molecular formula is C14H20O5. The van der Waals surface area contributed by atoms with Crippen LogP contribution in [0.15, 0.2) is 16.7 Å². The second kappa shape index (κ2) is 8.34. The molecule has 1 N–H and O–H groups in total. The van der Waals surface area contributed by atoms with Crippen LogP contribution < -0.4 is 0 Å². The lowest BCUT2D eigenvalue weighted by Crippen LogP contribution is -2.10. The maximum Gasteiger partial charge on any atom is 0.375 e. The number of hydrogen-bond acceptors (Lipinski definition) is 4. The number of furan rings is 1. The average molecular weight is 268 g/mol. The summed E-state index contributed by atoms with van der Waals surface area (Å²) in [5.74, 6) is -2.14. The molecule has 1 rings (SSSR count). The first-order valence-corrected chi connectivity index (χ1v) is 6.64. The topological polar surface area (TPSA) is 76.7 Å². The highest BCUT2D eigenvalue weighted by Gasteiger charge is 2.21. The summed E-state index contributed by atoms with van der Waals surface area (Å²) >= 11 is 0. The minimum atomic E-state index is -1.19. The number of esters is 1. The first-order valence-electron chi connectivity index (χ1n) is 6.64. The van der Waals surface area contributed by atoms with Crippen molar-refractivity contribution in [3.8, 4) is 0 Å². The van der Waals surface area contributed by atoms with Gasteiger partial charge in [0.15, 0.2) is 0 Å². The molecule has 0 aromatic carbocycles. The molecule has 0 saturated carbocycles. The Morgan fingerprint density at radius 1 is 1.21 bits per heavy atom. The van der Waals surface area contributed by atoms with E-state index < -0.39 is 11.9 Å². The highest BCUT2D eigenvalue weighted by molar-refractivity contribution is 6.00. The Morgan fingerprint density at radius 2 is 1.89 bits per heavy atom. The van der Waals surface area contributed by atoms with Gasteiger partial charge in [0.2, 0.25) is 5.76 Å². The van der Waals surface area contributed by atoms with Crippen LogP contribution in [-0.2, 0) is 4.74 Å². The molecule has 19 heavy (non-hydrogen) atoms. The Labute approximate surface area is 112 Å². The summed E-state index contributed by atoms with van der Waals surface area (Å²) in [6.45, 7) is 2.45. The zero-order valence-electron chi connectivity index (χ0n) is 11.2. The molecule has 0 aliphatic carbocycles. The number of aromatic carboxylic acids is 1. The Kier molecular flexibility index (Phi) is 6.71. The number of unbranched alkanes of at least 4 members (excludes halogenated alkanes) is 5. The Balaban J connectivity index is 2.24. The number of ether oxygens (including phenoxy) is 1. The van der Waals surface area contributed by atoms with E-state index in [9.17, 15) is 9.59 Å². The van der Waals surface area contributed by atoms with E-state index in [1.165, 1.54) is 31.6 Å². The molecule has 1 heterocycles. The quantitative estimate of drug-likeness (QED) is 0.548. The van der Waals surface area contributed by atoms with E-state index in [1.807, 2.05) is 0 Å². The third-order valence-electron chi connectivity index (χ3n) is 2.81. The van der Waals surface area contributed by atoms with E-state index in [1.54, 1.807) is 0 Å². The fraction of sp³-hybridized carbons (Fsp3) is 0.571. The molecule has 0 saturated heterocycles. The van der Waals surface area contributed by atoms with Gasteiger partial charge in [-0.05, 0) is 12.5 Å². The predicted molar refractivity (Wildman–Crippen MR) is 69.3 cm³/mol. The number of rotatable bonds is 9. The van der Waals surface area contributed by atoms with Gasteiger partial charge >= 0.3 is 11.9 Å². The highest BCUT2D eigenvalue weighted by atomic mass is 16.5. The molecule has 5 nitrogen and oxygen atoms in total. The van der Waals surface area contributed by atoms with Crippen molar-refractivity contribution in [2.24, 2.45) is 0 Å². The van der Waals surface area contributed by atoms with Crippen LogP contribution in [0.5, 0.6) is 0 Å². The van der Waals surface area contributed by atoms with Crippen LogP contribution in [0.4, 0.5) is 0 Å². The SMILES string of the molecule is CCCCCCCCOC(=O)c1occc1C(=O)O. The maximum atomic E-state index is 11.6. The van der Waals surface area contributed by atoms with Gasteiger partial charge in [0.25, 0.3) is 0 Å². The monoisotopic (exact) mass is 268 g/mol. The Morgan fingerprint density at radius 3 is 2.58 bits per heavy atom. The number of carbonyl (C=O) groups excluding carboxylic acids is 1. The predicted octanol–water partition coefficient (Wildman–Crippen LogP) is 3.50. The van der Waals surface area contributed by atoms with Crippen LogP contribution in [-0.4, -0.2) is 23.7 Å². The number of carboxylic acid groups (broad SMARTS) is 1. The van der Waals surface area contributed by atoms with E-state index in [-0.39, 0.29) is 11.3 Å². The minimum Gasteiger partial charge on any atom is -0.478 e. The summed E-state index contributed by atoms with van der Waals surface area (Å²) in [5, 5.41) is 8.83. The molecule has 0 aliphatic heterocycles. The lowest BCUT2D eigenvalue weighted by Gasteiger charge is -2.03. The largest absolute Gasteiger partial charge is 0.478 e. The number of hydrogen-bond donors (Lipinski definition) is 1. The van der Waals surface area contributed by atoms with Crippen molar-refractivity contribution in [3.05, 3.63) is 23.7 Å². The van der Waals surface area contributed by atoms with Gasteiger partial charge in [0.1, 0.15) is 5.56 Å². The molecule has 0 spiro atoms. The van der Waals surface area contributed by atoms with Crippen LogP contribution >= 0.6 is 0 Å². The molecule has 1 aromatic rings. The summed E-state index contributed by atoms with van der Waals surface area (Å²) in [7, 11) is 0. The Bertz CT molecular complexity index is 408. The van der Waals surface area contributed by atoms with Gasteiger partial charge in [-0.2, -0.15) is 0 Å². The van der Waals surface area contributed by atoms with Gasteiger partial charge in [0.05, 0.1) is 12.9 Å². The summed E-state index contributed by atoms with van der Waals surface area (Å²) < 4.78 is 9.83. The standard InChI is InChI=1S/C14H20O5/c1-2-3-4-5-6-7-9-19-14(17)12-11(13(15)16)8-10-18-12/h8,10H,2-7,9H2,1H3,(H,15,16). The smallest absolute Gasteiger partial charge is 0.375 e. The normalized spacial score (nSPS) is 10.4. The fourth-order valence-corrected chi connectivity index (χ4v) is 1.75. The van der Waals surface area contributed by atoms with E-state index >= 15 is 0 Å². The van der Waals surface area contributed by atoms with Gasteiger partial charge < -0.3 is 14.3 Å². The van der Waals surface area contributed by atoms with Crippen LogP contribution in [0.1, 0.15) is 66.4 Å². The van der Waals surface area contributed by atoms with Crippen molar-refractivity contribution >= 4 is 11.9 Å². The van der Waals surface area contributed by atoms with Gasteiger partial charge in [-0.25, -0.2) is 9.59 Å². The van der Waals surface area contributed by atoms with Gasteiger partial charge in [-0.15, -0.1) is 0 Å². The molecular weight excluding hydrogens is 248 g/mol. The van der Waals surface area contributed by atoms with E-state index in [0.717, 1.165) is 19.3 Å². The fourth-order valence-electron chi connectivity index (χ4n) is 1.75. The van der Waals surface area contributed by atoms with Crippen LogP contribution in [0, 0.1) is 0 Å². The van der Waals surface area contributed by atoms with Crippen LogP contribution in [0.25, 0.3) is 0 Å². The molecule has 106 valence electrons. The zero-order chi connectivity index (χ0) is 14.1. The third-order valence-corrected chi connectivity index (χ3v) is 2.81. The summed E-state index contributed by atoms with van der Waals surface area (Å²) in [5.41, 5.74) is -0.159. The van der Waals surface area contributed by atoms with Crippen molar-refractivity contribution in [1.82, 2.24) is 0 Å². The Hall–Kier alpha value is -1.78. The van der Waals surface area contributed by atoms with Gasteiger partial charge in [-0.1, -0.05) is 39.0 Å². The minimum absolute atomic E-state index is 0.159. The van der Waals surface area contributed by atoms with Crippen molar-refractivity contribution in [2.75, 3.05) is 6.61 Å². The molecule has 0 aliphatic rings. The van der Waals surface area contributed by atoms with Gasteiger partial charge in [0, 0.05) is 0 Å². The van der Waals surface area contributed by atoms with Crippen LogP contribution in [0.2, 0.25) is 0 Å². The van der Waals surface area contributed by atoms with Crippen molar-refractivity contribution in [3.63, 3.8) is 0 Å². The van der Waals surface area contributed by atoms with E-state index in [4.69, 9.17) is 14.3 Å². The van der Waals surface area contributed by atoms with Crippen molar-refractivity contribution in [1.29, 1.82) is 0 Å². The molecule has 1 aromatic heterocycles. The average Bonchev–Trinajstić information content (AvgIpc) is 2.87. The van der Waals surface area contributed by atoms with E-state index in [0.29, 0.717) is 6.61 Å². The molecule has 0 radical (unpaired) electrons. The molecule has 0 fully saturated rings. The van der Waals surface area contributed by atoms with Crippen molar-refractivity contribution < 1.29 is 23.8 Å². The van der Waals surface area contributed by atoms with Gasteiger partial charge in [-0.3, -0.25) is 0 Å². The highest BCUT2D eigenvalue weighted by Crippen LogP contribution is 2.12. The van der Waals surface area contributed by atoms with Crippen LogP contribution in [0.3, 0.4) is 0 Å². The summed E-state index contributed by atoms with van der Waals surface area (Å²) in [4.78, 5) is 22.4. The first kappa shape index (κ1) is 15.3. The first-order chi connectivity index (χ1) is 9.16. The lowest BCUT2D eigenvalue weighted by molar-refractivity contribution is 0.0450. The maximum absolute atomic E-state index is 11.6. The summed E-state index contributed by atoms with van der Waals surface area (Å²) in [6, 6.07) is 1.24. The molecule has 0 bridgehead atoms. The van der Waals surface area contributed by atoms with E-state index in [2.05, 4.69) is 6.92 Å². The number of carbonyl (C=O) groups is 2. The van der Waals surface area contributed by atoms with Crippen molar-refractivity contribution in [2.45, 2.75) is 45.4 Å². The molecule has 0 atom stereocenters. The lowest BCUT2D eigenvalue weighted by atomic mass is 10.1.